The van der Waals surface area contributed by atoms with Gasteiger partial charge in [0.05, 0.1) is 21.0 Å². The lowest BCUT2D eigenvalue weighted by Gasteiger charge is -2.18. The van der Waals surface area contributed by atoms with Gasteiger partial charge in [0, 0.05) is 18.4 Å². The molecule has 4 rings (SSSR count). The van der Waals surface area contributed by atoms with E-state index in [9.17, 15) is 18.0 Å². The second kappa shape index (κ2) is 9.28. The number of alkyl halides is 3. The first-order valence-electron chi connectivity index (χ1n) is 10.4. The molecular formula is C24H21Cl3F3NO. The molecule has 1 fully saturated rings. The number of hydrogen-bond donors (Lipinski definition) is 1. The molecule has 0 radical (unpaired) electrons. The molecule has 2 aromatic rings. The third-order valence-electron chi connectivity index (χ3n) is 6.04. The van der Waals surface area contributed by atoms with E-state index < -0.39 is 12.1 Å². The average Bonchev–Trinajstić information content (AvgIpc) is 3.50. The molecule has 32 heavy (non-hydrogen) atoms. The van der Waals surface area contributed by atoms with Crippen molar-refractivity contribution in [2.45, 2.75) is 43.7 Å². The van der Waals surface area contributed by atoms with Crippen LogP contribution >= 0.6 is 34.8 Å². The number of allylic oxidation sites excluding steroid dienone is 1. The molecule has 2 aromatic carbocycles. The number of carbonyl (C=O) groups is 1. The van der Waals surface area contributed by atoms with Crippen LogP contribution in [0.1, 0.15) is 53.4 Å². The summed E-state index contributed by atoms with van der Waals surface area (Å²) in [6.07, 6.45) is 1.76. The van der Waals surface area contributed by atoms with E-state index in [4.69, 9.17) is 34.8 Å². The van der Waals surface area contributed by atoms with Crippen molar-refractivity contribution in [2.75, 3.05) is 6.54 Å². The van der Waals surface area contributed by atoms with Crippen LogP contribution in [0.5, 0.6) is 0 Å². The van der Waals surface area contributed by atoms with Crippen molar-refractivity contribution in [2.24, 2.45) is 5.92 Å². The SMILES string of the molecule is O=C(NCC1CCc2cc(/C=C/C(c3cc(Cl)c(Cl)c(Cl)c3)C(F)(F)F)ccc21)C1CC1. The highest BCUT2D eigenvalue weighted by Gasteiger charge is 2.39. The highest BCUT2D eigenvalue weighted by molar-refractivity contribution is 6.48. The molecule has 0 aromatic heterocycles. The maximum absolute atomic E-state index is 13.7. The van der Waals surface area contributed by atoms with Gasteiger partial charge in [-0.15, -0.1) is 0 Å². The molecule has 2 atom stereocenters. The summed E-state index contributed by atoms with van der Waals surface area (Å²) in [5, 5.41) is 3.01. The molecular weight excluding hydrogens is 482 g/mol. The monoisotopic (exact) mass is 501 g/mol. The van der Waals surface area contributed by atoms with Crippen LogP contribution in [0.3, 0.4) is 0 Å². The van der Waals surface area contributed by atoms with Gasteiger partial charge in [-0.25, -0.2) is 0 Å². The van der Waals surface area contributed by atoms with Crippen molar-refractivity contribution in [1.29, 1.82) is 0 Å². The van der Waals surface area contributed by atoms with Crippen molar-refractivity contribution in [3.8, 4) is 0 Å². The van der Waals surface area contributed by atoms with Gasteiger partial charge < -0.3 is 5.32 Å². The van der Waals surface area contributed by atoms with Crippen molar-refractivity contribution < 1.29 is 18.0 Å². The second-order valence-electron chi connectivity index (χ2n) is 8.39. The maximum Gasteiger partial charge on any atom is 0.399 e. The number of fused-ring (bicyclic) bond motifs is 1. The van der Waals surface area contributed by atoms with Gasteiger partial charge in [-0.2, -0.15) is 13.2 Å². The molecule has 0 bridgehead atoms. The molecule has 1 amide bonds. The Kier molecular flexibility index (Phi) is 6.81. The first-order chi connectivity index (χ1) is 15.1. The van der Waals surface area contributed by atoms with E-state index in [0.717, 1.165) is 42.9 Å². The summed E-state index contributed by atoms with van der Waals surface area (Å²) in [6.45, 7) is 0.603. The van der Waals surface area contributed by atoms with Gasteiger partial charge in [-0.3, -0.25) is 4.79 Å². The summed E-state index contributed by atoms with van der Waals surface area (Å²) in [6, 6.07) is 8.08. The summed E-state index contributed by atoms with van der Waals surface area (Å²) >= 11 is 17.8. The Bertz CT molecular complexity index is 1040. The Balaban J connectivity index is 1.51. The van der Waals surface area contributed by atoms with Gasteiger partial charge in [0.25, 0.3) is 0 Å². The van der Waals surface area contributed by atoms with E-state index in [0.29, 0.717) is 12.1 Å². The van der Waals surface area contributed by atoms with Gasteiger partial charge in [0.2, 0.25) is 5.91 Å². The number of halogens is 6. The third-order valence-corrected chi connectivity index (χ3v) is 7.24. The number of carbonyl (C=O) groups excluding carboxylic acids is 1. The minimum Gasteiger partial charge on any atom is -0.355 e. The van der Waals surface area contributed by atoms with E-state index in [2.05, 4.69) is 5.32 Å². The first kappa shape index (κ1) is 23.5. The van der Waals surface area contributed by atoms with E-state index in [1.807, 2.05) is 18.2 Å². The van der Waals surface area contributed by atoms with Crippen molar-refractivity contribution in [1.82, 2.24) is 5.32 Å². The lowest BCUT2D eigenvalue weighted by Crippen LogP contribution is -2.28. The predicted octanol–water partition coefficient (Wildman–Crippen LogP) is 7.56. The van der Waals surface area contributed by atoms with E-state index in [-0.39, 0.29) is 38.4 Å². The lowest BCUT2D eigenvalue weighted by molar-refractivity contribution is -0.139. The standard InChI is InChI=1S/C24H21Cl3F3NO/c25-20-10-17(11-21(26)22(20)27)19(24(28,29)30)8-2-13-1-7-18-15(9-13)5-6-16(18)12-31-23(32)14-3-4-14/h1-2,7-11,14,16,19H,3-6,12H2,(H,31,32)/b8-2+. The van der Waals surface area contributed by atoms with E-state index in [1.165, 1.54) is 18.2 Å². The molecule has 2 aliphatic carbocycles. The maximum atomic E-state index is 13.7. The Morgan fingerprint density at radius 1 is 1.09 bits per heavy atom. The fourth-order valence-corrected chi connectivity index (χ4v) is 4.74. The van der Waals surface area contributed by atoms with Crippen LogP contribution in [-0.4, -0.2) is 18.6 Å². The predicted molar refractivity (Wildman–Crippen MR) is 123 cm³/mol. The fourth-order valence-electron chi connectivity index (χ4n) is 4.13. The topological polar surface area (TPSA) is 29.1 Å². The molecule has 2 unspecified atom stereocenters. The molecule has 0 aliphatic heterocycles. The van der Waals surface area contributed by atoms with Crippen molar-refractivity contribution in [3.05, 3.63) is 73.7 Å². The number of aryl methyl sites for hydroxylation is 1. The van der Waals surface area contributed by atoms with Crippen LogP contribution in [0.4, 0.5) is 13.2 Å². The van der Waals surface area contributed by atoms with Crippen LogP contribution in [0, 0.1) is 5.92 Å². The number of nitrogens with one attached hydrogen (secondary N) is 1. The molecule has 170 valence electrons. The van der Waals surface area contributed by atoms with Crippen molar-refractivity contribution in [3.63, 3.8) is 0 Å². The molecule has 0 heterocycles. The largest absolute Gasteiger partial charge is 0.399 e. The summed E-state index contributed by atoms with van der Waals surface area (Å²) in [5.41, 5.74) is 2.88. The Hall–Kier alpha value is -1.69. The smallest absolute Gasteiger partial charge is 0.355 e. The Morgan fingerprint density at radius 2 is 1.78 bits per heavy atom. The quantitative estimate of drug-likeness (QED) is 0.406. The summed E-state index contributed by atoms with van der Waals surface area (Å²) < 4.78 is 41.2. The third kappa shape index (κ3) is 5.27. The van der Waals surface area contributed by atoms with Gasteiger partial charge in [0.15, 0.2) is 0 Å². The zero-order valence-electron chi connectivity index (χ0n) is 17.0. The highest BCUT2D eigenvalue weighted by Crippen LogP contribution is 2.41. The van der Waals surface area contributed by atoms with Crippen LogP contribution < -0.4 is 5.32 Å². The Labute approximate surface area is 199 Å². The minimum atomic E-state index is -4.52. The molecule has 0 spiro atoms. The second-order valence-corrected chi connectivity index (χ2v) is 9.58. The molecule has 1 saturated carbocycles. The first-order valence-corrected chi connectivity index (χ1v) is 11.6. The minimum absolute atomic E-state index is 0.0193. The van der Waals surface area contributed by atoms with Crippen LogP contribution in [0.25, 0.3) is 6.08 Å². The van der Waals surface area contributed by atoms with Gasteiger partial charge in [0.1, 0.15) is 0 Å². The molecule has 8 heteroatoms. The molecule has 1 N–H and O–H groups in total. The zero-order valence-corrected chi connectivity index (χ0v) is 19.3. The van der Waals surface area contributed by atoms with Gasteiger partial charge in [-0.1, -0.05) is 65.2 Å². The normalized spacial score (nSPS) is 19.2. The number of benzene rings is 2. The summed E-state index contributed by atoms with van der Waals surface area (Å²) in [5.74, 6) is -1.32. The highest BCUT2D eigenvalue weighted by atomic mass is 35.5. The van der Waals surface area contributed by atoms with Crippen LogP contribution in [-0.2, 0) is 11.2 Å². The Morgan fingerprint density at radius 3 is 2.41 bits per heavy atom. The van der Waals surface area contributed by atoms with E-state index >= 15 is 0 Å². The fraction of sp³-hybridized carbons (Fsp3) is 0.375. The molecule has 0 saturated heterocycles. The van der Waals surface area contributed by atoms with Crippen LogP contribution in [0.15, 0.2) is 36.4 Å². The van der Waals surface area contributed by atoms with Crippen LogP contribution in [0.2, 0.25) is 15.1 Å². The van der Waals surface area contributed by atoms with Gasteiger partial charge in [-0.05, 0) is 60.1 Å². The lowest BCUT2D eigenvalue weighted by atomic mass is 9.96. The molecule has 2 aliphatic rings. The van der Waals surface area contributed by atoms with Gasteiger partial charge >= 0.3 is 6.18 Å². The average molecular weight is 503 g/mol. The summed E-state index contributed by atoms with van der Waals surface area (Å²) in [7, 11) is 0. The number of hydrogen-bond acceptors (Lipinski definition) is 1. The summed E-state index contributed by atoms with van der Waals surface area (Å²) in [4.78, 5) is 11.9. The molecule has 2 nitrogen and oxygen atoms in total. The van der Waals surface area contributed by atoms with Crippen molar-refractivity contribution >= 4 is 46.8 Å². The zero-order chi connectivity index (χ0) is 23.0. The van der Waals surface area contributed by atoms with E-state index in [1.54, 1.807) is 0 Å². The number of amides is 1. The number of rotatable bonds is 6.